The molecular weight excluding hydrogens is 409 g/mol. The van der Waals surface area contributed by atoms with Crippen molar-refractivity contribution in [3.8, 4) is 5.75 Å². The fourth-order valence-electron chi connectivity index (χ4n) is 2.56. The Hall–Kier alpha value is -3.59. The third-order valence-corrected chi connectivity index (χ3v) is 5.36. The van der Waals surface area contributed by atoms with Crippen LogP contribution in [0.1, 0.15) is 6.92 Å². The number of hydrogen-bond acceptors (Lipinski definition) is 4. The third kappa shape index (κ3) is 5.48. The zero-order chi connectivity index (χ0) is 21.6. The van der Waals surface area contributed by atoms with Crippen LogP contribution in [0, 0.1) is 5.82 Å². The van der Waals surface area contributed by atoms with Gasteiger partial charge in [0.15, 0.2) is 0 Å². The number of anilines is 3. The SMILES string of the molecule is CCOc1ccc(NS(=O)(=O)c2ccc(NC(=O)Nc3ccccc3F)cc2)cc1. The number of amides is 2. The van der Waals surface area contributed by atoms with Crippen LogP contribution in [-0.4, -0.2) is 21.1 Å². The van der Waals surface area contributed by atoms with Crippen LogP contribution in [0.2, 0.25) is 0 Å². The Morgan fingerprint density at radius 3 is 2.17 bits per heavy atom. The van der Waals surface area contributed by atoms with Gasteiger partial charge < -0.3 is 15.4 Å². The molecule has 0 heterocycles. The number of nitrogens with one attached hydrogen (secondary N) is 3. The molecule has 3 rings (SSSR count). The van der Waals surface area contributed by atoms with Crippen molar-refractivity contribution < 1.29 is 22.3 Å². The second-order valence-corrected chi connectivity index (χ2v) is 7.83. The van der Waals surface area contributed by atoms with Crippen molar-refractivity contribution >= 4 is 33.1 Å². The molecule has 0 fully saturated rings. The molecular formula is C21H20FN3O4S. The summed E-state index contributed by atoms with van der Waals surface area (Å²) in [6, 6.07) is 17.2. The number of rotatable bonds is 7. The normalized spacial score (nSPS) is 10.9. The van der Waals surface area contributed by atoms with Crippen LogP contribution in [-0.2, 0) is 10.0 Å². The van der Waals surface area contributed by atoms with E-state index in [1.807, 2.05) is 6.92 Å². The maximum atomic E-state index is 13.6. The first-order chi connectivity index (χ1) is 14.4. The zero-order valence-electron chi connectivity index (χ0n) is 16.1. The highest BCUT2D eigenvalue weighted by atomic mass is 32.2. The Morgan fingerprint density at radius 2 is 1.53 bits per heavy atom. The molecule has 0 aliphatic heterocycles. The van der Waals surface area contributed by atoms with Crippen molar-refractivity contribution in [2.75, 3.05) is 22.0 Å². The fraction of sp³-hybridized carbons (Fsp3) is 0.0952. The van der Waals surface area contributed by atoms with Gasteiger partial charge in [0.25, 0.3) is 10.0 Å². The molecule has 3 aromatic rings. The number of sulfonamides is 1. The number of hydrogen-bond donors (Lipinski definition) is 3. The average Bonchev–Trinajstić information content (AvgIpc) is 2.72. The second-order valence-electron chi connectivity index (χ2n) is 6.15. The quantitative estimate of drug-likeness (QED) is 0.509. The highest BCUT2D eigenvalue weighted by Crippen LogP contribution is 2.21. The first kappa shape index (κ1) is 21.1. The van der Waals surface area contributed by atoms with Gasteiger partial charge in [-0.2, -0.15) is 0 Å². The Kier molecular flexibility index (Phi) is 6.53. The number of ether oxygens (including phenoxy) is 1. The molecule has 7 nitrogen and oxygen atoms in total. The molecule has 0 radical (unpaired) electrons. The summed E-state index contributed by atoms with van der Waals surface area (Å²) in [6.45, 7) is 2.38. The van der Waals surface area contributed by atoms with E-state index < -0.39 is 21.9 Å². The number of carbonyl (C=O) groups excluding carboxylic acids is 1. The molecule has 0 spiro atoms. The minimum atomic E-state index is -3.81. The van der Waals surface area contributed by atoms with Crippen LogP contribution in [0.15, 0.2) is 77.7 Å². The molecule has 0 aliphatic carbocycles. The first-order valence-electron chi connectivity index (χ1n) is 9.05. The van der Waals surface area contributed by atoms with Gasteiger partial charge in [-0.25, -0.2) is 17.6 Å². The van der Waals surface area contributed by atoms with Gasteiger partial charge in [-0.15, -0.1) is 0 Å². The van der Waals surface area contributed by atoms with Gasteiger partial charge in [0, 0.05) is 11.4 Å². The van der Waals surface area contributed by atoms with E-state index in [1.54, 1.807) is 30.3 Å². The summed E-state index contributed by atoms with van der Waals surface area (Å²) in [6.07, 6.45) is 0. The number of para-hydroxylation sites is 1. The van der Waals surface area contributed by atoms with E-state index in [0.29, 0.717) is 23.7 Å². The lowest BCUT2D eigenvalue weighted by atomic mass is 10.3. The van der Waals surface area contributed by atoms with Crippen molar-refractivity contribution in [1.82, 2.24) is 0 Å². The Labute approximate surface area is 173 Å². The Bertz CT molecular complexity index is 1120. The average molecular weight is 429 g/mol. The van der Waals surface area contributed by atoms with E-state index in [0.717, 1.165) is 0 Å². The van der Waals surface area contributed by atoms with E-state index in [-0.39, 0.29) is 10.6 Å². The molecule has 9 heteroatoms. The molecule has 2 amide bonds. The highest BCUT2D eigenvalue weighted by Gasteiger charge is 2.15. The predicted molar refractivity (Wildman–Crippen MR) is 114 cm³/mol. The van der Waals surface area contributed by atoms with Gasteiger partial charge in [-0.05, 0) is 67.6 Å². The largest absolute Gasteiger partial charge is 0.494 e. The summed E-state index contributed by atoms with van der Waals surface area (Å²) in [5, 5.41) is 4.90. The summed E-state index contributed by atoms with van der Waals surface area (Å²) < 4.78 is 46.5. The van der Waals surface area contributed by atoms with Gasteiger partial charge in [0.1, 0.15) is 11.6 Å². The molecule has 0 bridgehead atoms. The van der Waals surface area contributed by atoms with Gasteiger partial charge >= 0.3 is 6.03 Å². The smallest absolute Gasteiger partial charge is 0.323 e. The summed E-state index contributed by atoms with van der Waals surface area (Å²) in [5.74, 6) is 0.0824. The Morgan fingerprint density at radius 1 is 0.900 bits per heavy atom. The lowest BCUT2D eigenvalue weighted by molar-refractivity contribution is 0.262. The number of urea groups is 1. The van der Waals surface area contributed by atoms with Crippen molar-refractivity contribution in [2.45, 2.75) is 11.8 Å². The van der Waals surface area contributed by atoms with Crippen molar-refractivity contribution in [1.29, 1.82) is 0 Å². The van der Waals surface area contributed by atoms with Gasteiger partial charge in [0.2, 0.25) is 0 Å². The van der Waals surface area contributed by atoms with E-state index in [1.165, 1.54) is 42.5 Å². The molecule has 0 aromatic heterocycles. The number of carbonyl (C=O) groups is 1. The number of halogens is 1. The molecule has 156 valence electrons. The maximum absolute atomic E-state index is 13.6. The summed E-state index contributed by atoms with van der Waals surface area (Å²) in [4.78, 5) is 12.0. The van der Waals surface area contributed by atoms with Gasteiger partial charge in [0.05, 0.1) is 17.2 Å². The molecule has 0 aliphatic rings. The first-order valence-corrected chi connectivity index (χ1v) is 10.5. The maximum Gasteiger partial charge on any atom is 0.323 e. The topological polar surface area (TPSA) is 96.5 Å². The molecule has 0 unspecified atom stereocenters. The standard InChI is InChI=1S/C21H20FN3O4S/c1-2-29-17-11-7-16(8-12-17)25-30(27,28)18-13-9-15(10-14-18)23-21(26)24-20-6-4-3-5-19(20)22/h3-14,25H,2H2,1H3,(H2,23,24,26). The monoisotopic (exact) mass is 429 g/mol. The second kappa shape index (κ2) is 9.27. The van der Waals surface area contributed by atoms with E-state index in [4.69, 9.17) is 4.74 Å². The summed E-state index contributed by atoms with van der Waals surface area (Å²) in [5.41, 5.74) is 0.780. The van der Waals surface area contributed by atoms with Gasteiger partial charge in [-0.3, -0.25) is 4.72 Å². The summed E-state index contributed by atoms with van der Waals surface area (Å²) >= 11 is 0. The lowest BCUT2D eigenvalue weighted by Gasteiger charge is -2.11. The molecule has 0 saturated carbocycles. The van der Waals surface area contributed by atoms with Crippen LogP contribution in [0.3, 0.4) is 0 Å². The third-order valence-electron chi connectivity index (χ3n) is 3.96. The van der Waals surface area contributed by atoms with Crippen LogP contribution < -0.4 is 20.1 Å². The molecule has 30 heavy (non-hydrogen) atoms. The molecule has 0 saturated heterocycles. The fourth-order valence-corrected chi connectivity index (χ4v) is 3.62. The predicted octanol–water partition coefficient (Wildman–Crippen LogP) is 4.67. The highest BCUT2D eigenvalue weighted by molar-refractivity contribution is 7.92. The van der Waals surface area contributed by atoms with E-state index in [9.17, 15) is 17.6 Å². The lowest BCUT2D eigenvalue weighted by Crippen LogP contribution is -2.20. The van der Waals surface area contributed by atoms with E-state index >= 15 is 0 Å². The molecule has 3 N–H and O–H groups in total. The minimum absolute atomic E-state index is 0.0245. The summed E-state index contributed by atoms with van der Waals surface area (Å²) in [7, 11) is -3.81. The van der Waals surface area contributed by atoms with Gasteiger partial charge in [-0.1, -0.05) is 12.1 Å². The van der Waals surface area contributed by atoms with Crippen molar-refractivity contribution in [2.24, 2.45) is 0 Å². The number of benzene rings is 3. The minimum Gasteiger partial charge on any atom is -0.494 e. The van der Waals surface area contributed by atoms with Crippen LogP contribution in [0.25, 0.3) is 0 Å². The van der Waals surface area contributed by atoms with Crippen molar-refractivity contribution in [3.63, 3.8) is 0 Å². The molecule has 3 aromatic carbocycles. The van der Waals surface area contributed by atoms with E-state index in [2.05, 4.69) is 15.4 Å². The van der Waals surface area contributed by atoms with Crippen LogP contribution in [0.4, 0.5) is 26.2 Å². The van der Waals surface area contributed by atoms with Crippen LogP contribution in [0.5, 0.6) is 5.75 Å². The van der Waals surface area contributed by atoms with Crippen molar-refractivity contribution in [3.05, 3.63) is 78.6 Å². The Balaban J connectivity index is 1.63. The zero-order valence-corrected chi connectivity index (χ0v) is 16.9. The molecule has 0 atom stereocenters. The van der Waals surface area contributed by atoms with Crippen LogP contribution >= 0.6 is 0 Å².